The number of fused-ring (bicyclic) bond motifs is 1. The van der Waals surface area contributed by atoms with Crippen LogP contribution in [0.4, 0.5) is 0 Å². The summed E-state index contributed by atoms with van der Waals surface area (Å²) < 4.78 is 1.85. The number of ketones is 1. The second-order valence-electron chi connectivity index (χ2n) is 9.02. The van der Waals surface area contributed by atoms with Crippen LogP contribution in [-0.4, -0.2) is 43.5 Å². The third-order valence-corrected chi connectivity index (χ3v) is 6.43. The normalized spacial score (nSPS) is 16.1. The fourth-order valence-electron chi connectivity index (χ4n) is 4.76. The van der Waals surface area contributed by atoms with E-state index in [1.807, 2.05) is 60.3 Å². The Kier molecular flexibility index (Phi) is 6.15. The molecule has 0 spiro atoms. The molecule has 0 radical (unpaired) electrons. The number of Topliss-reactive ketones (excluding diaryl/α,β-unsaturated/α-hetero) is 1. The molecule has 0 amide bonds. The Hall–Kier alpha value is -3.89. The largest absolute Gasteiger partial charge is 0.299 e. The Labute approximate surface area is 198 Å². The van der Waals surface area contributed by atoms with Gasteiger partial charge in [0.1, 0.15) is 5.78 Å². The van der Waals surface area contributed by atoms with E-state index in [1.165, 1.54) is 0 Å². The molecule has 1 aliphatic heterocycles. The summed E-state index contributed by atoms with van der Waals surface area (Å²) in [6, 6.07) is 15.9. The molecular formula is C27H26N6O. The highest BCUT2D eigenvalue weighted by Gasteiger charge is 2.25. The van der Waals surface area contributed by atoms with Crippen LogP contribution >= 0.6 is 0 Å². The third-order valence-electron chi connectivity index (χ3n) is 6.43. The van der Waals surface area contributed by atoms with Crippen LogP contribution in [0.3, 0.4) is 0 Å². The van der Waals surface area contributed by atoms with Crippen LogP contribution in [-0.2, 0) is 17.8 Å². The average molecular weight is 451 g/mol. The minimum atomic E-state index is 0.216. The Morgan fingerprint density at radius 3 is 2.91 bits per heavy atom. The lowest BCUT2D eigenvalue weighted by Gasteiger charge is -2.16. The van der Waals surface area contributed by atoms with Gasteiger partial charge in [0.25, 0.3) is 0 Å². The molecule has 0 aliphatic carbocycles. The van der Waals surface area contributed by atoms with Crippen LogP contribution in [0.1, 0.15) is 35.4 Å². The number of likely N-dealkylation sites (tertiary alicyclic amines) is 1. The molecule has 34 heavy (non-hydrogen) atoms. The van der Waals surface area contributed by atoms with Gasteiger partial charge < -0.3 is 0 Å². The fourth-order valence-corrected chi connectivity index (χ4v) is 4.76. The first-order valence-corrected chi connectivity index (χ1v) is 11.6. The Balaban J connectivity index is 1.20. The number of aryl methyl sites for hydroxylation is 1. The minimum absolute atomic E-state index is 0.216. The topological polar surface area (TPSA) is 87.7 Å². The molecule has 4 heterocycles. The number of nitrogens with zero attached hydrogens (tertiary/aromatic N) is 6. The van der Waals surface area contributed by atoms with Crippen LogP contribution < -0.4 is 0 Å². The summed E-state index contributed by atoms with van der Waals surface area (Å²) in [6.07, 6.45) is 7.28. The molecular weight excluding hydrogens is 424 g/mol. The van der Waals surface area contributed by atoms with Gasteiger partial charge in [0.2, 0.25) is 0 Å². The van der Waals surface area contributed by atoms with Crippen LogP contribution in [0.25, 0.3) is 16.6 Å². The van der Waals surface area contributed by atoms with Gasteiger partial charge in [-0.05, 0) is 55.6 Å². The van der Waals surface area contributed by atoms with Crippen molar-refractivity contribution in [2.24, 2.45) is 5.92 Å². The fraction of sp³-hybridized carbons (Fsp3) is 0.296. The molecule has 0 N–H and O–H groups in total. The highest BCUT2D eigenvalue weighted by Crippen LogP contribution is 2.24. The van der Waals surface area contributed by atoms with E-state index >= 15 is 0 Å². The highest BCUT2D eigenvalue weighted by atomic mass is 16.1. The first-order valence-electron chi connectivity index (χ1n) is 11.6. The monoisotopic (exact) mass is 450 g/mol. The van der Waals surface area contributed by atoms with Crippen molar-refractivity contribution >= 4 is 16.7 Å². The van der Waals surface area contributed by atoms with Crippen molar-refractivity contribution in [3.05, 3.63) is 83.6 Å². The van der Waals surface area contributed by atoms with Crippen LogP contribution in [0.2, 0.25) is 0 Å². The van der Waals surface area contributed by atoms with Crippen molar-refractivity contribution in [1.82, 2.24) is 24.6 Å². The second-order valence-corrected chi connectivity index (χ2v) is 9.02. The van der Waals surface area contributed by atoms with Crippen molar-refractivity contribution in [2.45, 2.75) is 32.7 Å². The molecule has 3 aromatic heterocycles. The van der Waals surface area contributed by atoms with Gasteiger partial charge in [-0.3, -0.25) is 19.7 Å². The van der Waals surface area contributed by atoms with Crippen molar-refractivity contribution < 1.29 is 4.79 Å². The number of carbonyl (C=O) groups excluding carboxylic acids is 1. The molecule has 0 saturated carbocycles. The summed E-state index contributed by atoms with van der Waals surface area (Å²) in [7, 11) is 0. The molecule has 1 unspecified atom stereocenters. The van der Waals surface area contributed by atoms with Gasteiger partial charge in [-0.1, -0.05) is 18.2 Å². The number of hydrogen-bond donors (Lipinski definition) is 0. The summed E-state index contributed by atoms with van der Waals surface area (Å²) >= 11 is 0. The number of aromatic nitrogens is 4. The molecule has 1 aromatic carbocycles. The van der Waals surface area contributed by atoms with Gasteiger partial charge in [-0.15, -0.1) is 0 Å². The van der Waals surface area contributed by atoms with Crippen molar-refractivity contribution in [3.63, 3.8) is 0 Å². The lowest BCUT2D eigenvalue weighted by atomic mass is 9.99. The molecule has 5 rings (SSSR count). The Bertz CT molecular complexity index is 1390. The highest BCUT2D eigenvalue weighted by molar-refractivity contribution is 5.84. The van der Waals surface area contributed by atoms with Gasteiger partial charge in [-0.25, -0.2) is 4.68 Å². The molecule has 1 atom stereocenters. The van der Waals surface area contributed by atoms with E-state index in [-0.39, 0.29) is 5.78 Å². The summed E-state index contributed by atoms with van der Waals surface area (Å²) in [5.41, 5.74) is 5.34. The zero-order chi connectivity index (χ0) is 23.5. The average Bonchev–Trinajstić information content (AvgIpc) is 3.45. The van der Waals surface area contributed by atoms with Gasteiger partial charge >= 0.3 is 0 Å². The third kappa shape index (κ3) is 4.73. The van der Waals surface area contributed by atoms with E-state index in [0.29, 0.717) is 18.8 Å². The van der Waals surface area contributed by atoms with Gasteiger partial charge in [0.05, 0.1) is 35.2 Å². The Morgan fingerprint density at radius 2 is 2.06 bits per heavy atom. The molecule has 1 fully saturated rings. The van der Waals surface area contributed by atoms with E-state index in [9.17, 15) is 10.1 Å². The van der Waals surface area contributed by atoms with E-state index < -0.39 is 0 Å². The lowest BCUT2D eigenvalue weighted by molar-refractivity contribution is -0.119. The number of pyridine rings is 2. The summed E-state index contributed by atoms with van der Waals surface area (Å²) in [5, 5.41) is 14.8. The Morgan fingerprint density at radius 1 is 1.18 bits per heavy atom. The predicted octanol–water partition coefficient (Wildman–Crippen LogP) is 4.02. The van der Waals surface area contributed by atoms with E-state index in [4.69, 9.17) is 0 Å². The van der Waals surface area contributed by atoms with Gasteiger partial charge in [0, 0.05) is 48.9 Å². The molecule has 0 bridgehead atoms. The summed E-state index contributed by atoms with van der Waals surface area (Å²) in [5.74, 6) is 0.566. The summed E-state index contributed by atoms with van der Waals surface area (Å²) in [6.45, 7) is 4.55. The zero-order valence-corrected chi connectivity index (χ0v) is 19.2. The maximum absolute atomic E-state index is 12.8. The summed E-state index contributed by atoms with van der Waals surface area (Å²) in [4.78, 5) is 23.9. The van der Waals surface area contributed by atoms with Crippen molar-refractivity contribution in [2.75, 3.05) is 13.1 Å². The SMILES string of the molecule is Cc1cc(-n2ncc3cc(CC(=O)CC4CCN(Cc5ccccc5C#N)C4)ncc32)ccn1. The van der Waals surface area contributed by atoms with Crippen LogP contribution in [0, 0.1) is 24.2 Å². The molecule has 7 nitrogen and oxygen atoms in total. The number of carbonyl (C=O) groups is 1. The second kappa shape index (κ2) is 9.54. The van der Waals surface area contributed by atoms with Gasteiger partial charge in [-0.2, -0.15) is 10.4 Å². The molecule has 1 saturated heterocycles. The van der Waals surface area contributed by atoms with Crippen molar-refractivity contribution in [3.8, 4) is 11.8 Å². The van der Waals surface area contributed by atoms with Crippen molar-refractivity contribution in [1.29, 1.82) is 5.26 Å². The molecule has 4 aromatic rings. The number of rotatable bonds is 7. The van der Waals surface area contributed by atoms with Crippen LogP contribution in [0.15, 0.2) is 61.1 Å². The maximum Gasteiger partial charge on any atom is 0.139 e. The van der Waals surface area contributed by atoms with E-state index in [2.05, 4.69) is 26.0 Å². The molecule has 170 valence electrons. The van der Waals surface area contributed by atoms with Crippen LogP contribution in [0.5, 0.6) is 0 Å². The molecule has 7 heteroatoms. The maximum atomic E-state index is 12.8. The van der Waals surface area contributed by atoms with E-state index in [0.717, 1.165) is 65.2 Å². The quantitative estimate of drug-likeness (QED) is 0.423. The minimum Gasteiger partial charge on any atom is -0.299 e. The number of hydrogen-bond acceptors (Lipinski definition) is 6. The number of benzene rings is 1. The zero-order valence-electron chi connectivity index (χ0n) is 19.2. The standard InChI is InChI=1S/C27H26N6O/c1-19-10-25(6-8-29-19)33-27-16-30-24(12-23(27)15-31-33)13-26(34)11-20-7-9-32(17-20)18-22-5-3-2-4-21(22)14-28/h2-6,8,10,12,15-16,20H,7,9,11,13,17-18H2,1H3. The lowest BCUT2D eigenvalue weighted by Crippen LogP contribution is -2.21. The van der Waals surface area contributed by atoms with E-state index in [1.54, 1.807) is 12.4 Å². The smallest absolute Gasteiger partial charge is 0.139 e. The molecule has 1 aliphatic rings. The predicted molar refractivity (Wildman–Crippen MR) is 129 cm³/mol. The number of nitriles is 1. The first kappa shape index (κ1) is 21.9. The first-order chi connectivity index (χ1) is 16.6. The van der Waals surface area contributed by atoms with Gasteiger partial charge in [0.15, 0.2) is 0 Å².